The third kappa shape index (κ3) is 3.11. The number of aromatic nitrogens is 1. The monoisotopic (exact) mass is 326 g/mol. The molecule has 1 aliphatic heterocycles. The highest BCUT2D eigenvalue weighted by molar-refractivity contribution is 5.83. The first-order valence-corrected chi connectivity index (χ1v) is 8.31. The molecule has 0 unspecified atom stereocenters. The number of ether oxygens (including phenoxy) is 1. The first kappa shape index (κ1) is 15.1. The summed E-state index contributed by atoms with van der Waals surface area (Å²) in [5, 5.41) is 0. The zero-order valence-electron chi connectivity index (χ0n) is 13.3. The Bertz CT molecular complexity index is 720. The first-order valence-electron chi connectivity index (χ1n) is 8.31. The molecule has 1 amide bonds. The molecule has 0 N–H and O–H groups in total. The summed E-state index contributed by atoms with van der Waals surface area (Å²) in [6, 6.07) is 10.2. The second-order valence-electron chi connectivity index (χ2n) is 6.50. The van der Waals surface area contributed by atoms with Crippen LogP contribution in [0.15, 0.2) is 48.8 Å². The van der Waals surface area contributed by atoms with Gasteiger partial charge in [0.1, 0.15) is 17.7 Å². The Balaban J connectivity index is 1.33. The number of likely N-dealkylation sites (tertiary alicyclic amines) is 1. The van der Waals surface area contributed by atoms with Gasteiger partial charge >= 0.3 is 0 Å². The van der Waals surface area contributed by atoms with E-state index in [1.165, 1.54) is 12.1 Å². The average molecular weight is 326 g/mol. The van der Waals surface area contributed by atoms with E-state index in [0.29, 0.717) is 6.54 Å². The molecule has 4 nitrogen and oxygen atoms in total. The molecule has 1 saturated carbocycles. The van der Waals surface area contributed by atoms with Crippen molar-refractivity contribution in [3.63, 3.8) is 0 Å². The standard InChI is InChI=1S/C19H19FN2O2/c20-14-3-1-13(2-4-14)17-11-18(17)19(23)22-10-7-16(12-22)24-15-5-8-21-9-6-15/h1-6,8-9,16-18H,7,10-12H2/t16-,17+,18-/m0/s1. The molecule has 0 radical (unpaired) electrons. The van der Waals surface area contributed by atoms with Gasteiger partial charge in [0, 0.05) is 31.3 Å². The largest absolute Gasteiger partial charge is 0.488 e. The van der Waals surface area contributed by atoms with E-state index in [9.17, 15) is 9.18 Å². The molecule has 1 aliphatic carbocycles. The third-order valence-electron chi connectivity index (χ3n) is 4.81. The zero-order valence-corrected chi connectivity index (χ0v) is 13.3. The minimum absolute atomic E-state index is 0.0372. The lowest BCUT2D eigenvalue weighted by Gasteiger charge is -2.17. The Labute approximate surface area is 140 Å². The number of carbonyl (C=O) groups excluding carboxylic acids is 1. The van der Waals surface area contributed by atoms with Crippen LogP contribution in [0.5, 0.6) is 5.75 Å². The lowest BCUT2D eigenvalue weighted by Crippen LogP contribution is -2.32. The van der Waals surface area contributed by atoms with Gasteiger partial charge in [-0.3, -0.25) is 9.78 Å². The SMILES string of the molecule is O=C([C@H]1C[C@@H]1c1ccc(F)cc1)N1CC[C@H](Oc2ccncc2)C1. The van der Waals surface area contributed by atoms with Crippen molar-refractivity contribution >= 4 is 5.91 Å². The molecule has 2 aliphatic rings. The summed E-state index contributed by atoms with van der Waals surface area (Å²) in [6.45, 7) is 1.37. The fraction of sp³-hybridized carbons (Fsp3) is 0.368. The van der Waals surface area contributed by atoms with Gasteiger partial charge in [0.05, 0.1) is 6.54 Å². The van der Waals surface area contributed by atoms with Gasteiger partial charge in [-0.1, -0.05) is 12.1 Å². The van der Waals surface area contributed by atoms with Gasteiger partial charge in [-0.15, -0.1) is 0 Å². The Kier molecular flexibility index (Phi) is 3.92. The predicted octanol–water partition coefficient (Wildman–Crippen LogP) is 3.00. The first-order chi connectivity index (χ1) is 11.7. The molecule has 2 fully saturated rings. The summed E-state index contributed by atoms with van der Waals surface area (Å²) < 4.78 is 18.9. The molecule has 1 aromatic carbocycles. The van der Waals surface area contributed by atoms with Crippen LogP contribution in [0.4, 0.5) is 4.39 Å². The molecule has 5 heteroatoms. The van der Waals surface area contributed by atoms with Crippen LogP contribution in [0.2, 0.25) is 0 Å². The average Bonchev–Trinajstić information content (AvgIpc) is 3.27. The van der Waals surface area contributed by atoms with E-state index in [-0.39, 0.29) is 29.7 Å². The number of amides is 1. The molecule has 4 rings (SSSR count). The summed E-state index contributed by atoms with van der Waals surface area (Å²) >= 11 is 0. The highest BCUT2D eigenvalue weighted by Gasteiger charge is 2.46. The fourth-order valence-corrected chi connectivity index (χ4v) is 3.41. The van der Waals surface area contributed by atoms with E-state index in [2.05, 4.69) is 4.98 Å². The van der Waals surface area contributed by atoms with Crippen LogP contribution in [0.3, 0.4) is 0 Å². The molecular formula is C19H19FN2O2. The van der Waals surface area contributed by atoms with Crippen LogP contribution in [-0.4, -0.2) is 35.0 Å². The number of pyridine rings is 1. The van der Waals surface area contributed by atoms with Gasteiger partial charge in [0.2, 0.25) is 5.91 Å². The van der Waals surface area contributed by atoms with Crippen LogP contribution >= 0.6 is 0 Å². The van der Waals surface area contributed by atoms with Crippen molar-refractivity contribution in [2.45, 2.75) is 24.9 Å². The molecule has 0 bridgehead atoms. The van der Waals surface area contributed by atoms with Crippen LogP contribution in [0.1, 0.15) is 24.3 Å². The van der Waals surface area contributed by atoms with E-state index >= 15 is 0 Å². The Morgan fingerprint density at radius 2 is 1.92 bits per heavy atom. The fourth-order valence-electron chi connectivity index (χ4n) is 3.41. The van der Waals surface area contributed by atoms with Crippen molar-refractivity contribution in [1.82, 2.24) is 9.88 Å². The van der Waals surface area contributed by atoms with Crippen LogP contribution in [-0.2, 0) is 4.79 Å². The molecule has 2 heterocycles. The number of carbonyl (C=O) groups is 1. The molecule has 2 aromatic rings. The molecule has 3 atom stereocenters. The normalized spacial score (nSPS) is 25.5. The number of rotatable bonds is 4. The molecule has 1 aromatic heterocycles. The number of nitrogens with zero attached hydrogens (tertiary/aromatic N) is 2. The highest BCUT2D eigenvalue weighted by Crippen LogP contribution is 2.48. The number of benzene rings is 1. The minimum Gasteiger partial charge on any atom is -0.488 e. The molecule has 0 spiro atoms. The van der Waals surface area contributed by atoms with E-state index in [0.717, 1.165) is 30.7 Å². The maximum absolute atomic E-state index is 13.0. The van der Waals surface area contributed by atoms with Gasteiger partial charge < -0.3 is 9.64 Å². The van der Waals surface area contributed by atoms with Crippen molar-refractivity contribution in [3.8, 4) is 5.75 Å². The van der Waals surface area contributed by atoms with Crippen LogP contribution < -0.4 is 4.74 Å². The maximum atomic E-state index is 13.0. The second kappa shape index (κ2) is 6.23. The zero-order chi connectivity index (χ0) is 16.5. The minimum atomic E-state index is -0.238. The highest BCUT2D eigenvalue weighted by atomic mass is 19.1. The van der Waals surface area contributed by atoms with E-state index in [1.807, 2.05) is 17.0 Å². The predicted molar refractivity (Wildman–Crippen MR) is 87.1 cm³/mol. The summed E-state index contributed by atoms with van der Waals surface area (Å²) in [6.07, 6.45) is 5.15. The van der Waals surface area contributed by atoms with Gasteiger partial charge in [0.25, 0.3) is 0 Å². The Morgan fingerprint density at radius 3 is 2.67 bits per heavy atom. The third-order valence-corrected chi connectivity index (χ3v) is 4.81. The molecule has 124 valence electrons. The number of hydrogen-bond donors (Lipinski definition) is 0. The van der Waals surface area contributed by atoms with Crippen LogP contribution in [0, 0.1) is 11.7 Å². The van der Waals surface area contributed by atoms with Crippen molar-refractivity contribution in [3.05, 3.63) is 60.2 Å². The molecular weight excluding hydrogens is 307 g/mol. The second-order valence-corrected chi connectivity index (χ2v) is 6.50. The lowest BCUT2D eigenvalue weighted by atomic mass is 10.1. The molecule has 1 saturated heterocycles. The van der Waals surface area contributed by atoms with E-state index in [4.69, 9.17) is 4.74 Å². The quantitative estimate of drug-likeness (QED) is 0.867. The summed E-state index contributed by atoms with van der Waals surface area (Å²) in [4.78, 5) is 18.5. The maximum Gasteiger partial charge on any atom is 0.226 e. The summed E-state index contributed by atoms with van der Waals surface area (Å²) in [5.41, 5.74) is 1.05. The van der Waals surface area contributed by atoms with Crippen LogP contribution in [0.25, 0.3) is 0 Å². The van der Waals surface area contributed by atoms with Crippen molar-refractivity contribution in [2.24, 2.45) is 5.92 Å². The van der Waals surface area contributed by atoms with Crippen molar-refractivity contribution in [1.29, 1.82) is 0 Å². The van der Waals surface area contributed by atoms with Gasteiger partial charge in [-0.2, -0.15) is 0 Å². The number of hydrogen-bond acceptors (Lipinski definition) is 3. The van der Waals surface area contributed by atoms with Crippen molar-refractivity contribution in [2.75, 3.05) is 13.1 Å². The van der Waals surface area contributed by atoms with Gasteiger partial charge in [0.15, 0.2) is 0 Å². The smallest absolute Gasteiger partial charge is 0.226 e. The van der Waals surface area contributed by atoms with Crippen molar-refractivity contribution < 1.29 is 13.9 Å². The lowest BCUT2D eigenvalue weighted by molar-refractivity contribution is -0.131. The topological polar surface area (TPSA) is 42.4 Å². The number of halogens is 1. The van der Waals surface area contributed by atoms with E-state index in [1.54, 1.807) is 24.5 Å². The van der Waals surface area contributed by atoms with Gasteiger partial charge in [-0.25, -0.2) is 4.39 Å². The van der Waals surface area contributed by atoms with Gasteiger partial charge in [-0.05, 0) is 42.2 Å². The Hall–Kier alpha value is -2.43. The summed E-state index contributed by atoms with van der Waals surface area (Å²) in [7, 11) is 0. The van der Waals surface area contributed by atoms with E-state index < -0.39 is 0 Å². The molecule has 24 heavy (non-hydrogen) atoms. The summed E-state index contributed by atoms with van der Waals surface area (Å²) in [5.74, 6) is 1.02. The Morgan fingerprint density at radius 1 is 1.17 bits per heavy atom.